The molecule has 0 saturated heterocycles. The molecule has 3 aromatic rings. The molecule has 0 fully saturated rings. The minimum atomic E-state index is -0.659. The van der Waals surface area contributed by atoms with Gasteiger partial charge < -0.3 is 4.74 Å². The molecule has 0 bridgehead atoms. The number of nitrogens with zero attached hydrogens (tertiary/aromatic N) is 1. The number of carbonyl (C=O) groups excluding carboxylic acids is 1. The molecule has 1 heterocycles. The zero-order valence-corrected chi connectivity index (χ0v) is 12.6. The van der Waals surface area contributed by atoms with E-state index in [2.05, 4.69) is 4.98 Å². The number of aromatic nitrogens is 1. The molecule has 0 unspecified atom stereocenters. The van der Waals surface area contributed by atoms with Crippen LogP contribution in [0.1, 0.15) is 15.5 Å². The number of rotatable bonds is 3. The smallest absolute Gasteiger partial charge is 0.363 e. The van der Waals surface area contributed by atoms with Crippen molar-refractivity contribution in [1.29, 1.82) is 0 Å². The summed E-state index contributed by atoms with van der Waals surface area (Å²) in [4.78, 5) is 17.3. The van der Waals surface area contributed by atoms with Gasteiger partial charge in [0.25, 0.3) is 0 Å². The second-order valence-corrected chi connectivity index (χ2v) is 5.80. The number of thiazole rings is 1. The van der Waals surface area contributed by atoms with E-state index >= 15 is 0 Å². The number of hydrogen-bond donors (Lipinski definition) is 0. The van der Waals surface area contributed by atoms with Crippen LogP contribution in [-0.2, 0) is 0 Å². The van der Waals surface area contributed by atoms with E-state index in [0.717, 1.165) is 15.4 Å². The Morgan fingerprint density at radius 3 is 2.50 bits per heavy atom. The molecule has 3 rings (SSSR count). The Balaban J connectivity index is 1.95. The molecule has 0 saturated carbocycles. The molecule has 3 nitrogen and oxygen atoms in total. The number of esters is 1. The van der Waals surface area contributed by atoms with Crippen molar-refractivity contribution in [3.63, 3.8) is 0 Å². The predicted molar refractivity (Wildman–Crippen MR) is 83.6 cm³/mol. The highest BCUT2D eigenvalue weighted by atomic mass is 32.1. The van der Waals surface area contributed by atoms with Crippen molar-refractivity contribution in [1.82, 2.24) is 4.98 Å². The fraction of sp³-hybridized carbons (Fsp3) is 0.0588. The van der Waals surface area contributed by atoms with Crippen molar-refractivity contribution in [2.75, 3.05) is 0 Å². The van der Waals surface area contributed by atoms with E-state index in [0.29, 0.717) is 0 Å². The first-order valence-corrected chi connectivity index (χ1v) is 7.46. The summed E-state index contributed by atoms with van der Waals surface area (Å²) >= 11 is 1.40. The van der Waals surface area contributed by atoms with Gasteiger partial charge >= 0.3 is 5.97 Å². The highest BCUT2D eigenvalue weighted by Gasteiger charge is 2.21. The molecule has 0 aliphatic rings. The monoisotopic (exact) mass is 313 g/mol. The van der Waals surface area contributed by atoms with Crippen molar-refractivity contribution >= 4 is 17.3 Å². The third-order valence-electron chi connectivity index (χ3n) is 3.00. The standard InChI is InChI=1S/C17H12FNO2S/c1-11-19-15(16(22-11)12-7-3-2-4-8-12)17(20)21-14-10-6-5-9-13(14)18/h2-10H,1H3. The van der Waals surface area contributed by atoms with Gasteiger partial charge in [0.05, 0.1) is 9.88 Å². The summed E-state index contributed by atoms with van der Waals surface area (Å²) in [7, 11) is 0. The normalized spacial score (nSPS) is 10.5. The van der Waals surface area contributed by atoms with Crippen LogP contribution < -0.4 is 4.74 Å². The topological polar surface area (TPSA) is 39.2 Å². The molecule has 0 radical (unpaired) electrons. The van der Waals surface area contributed by atoms with Crippen LogP contribution in [0.25, 0.3) is 10.4 Å². The van der Waals surface area contributed by atoms with Crippen LogP contribution in [0, 0.1) is 12.7 Å². The molecule has 0 atom stereocenters. The lowest BCUT2D eigenvalue weighted by Crippen LogP contribution is -2.11. The average molecular weight is 313 g/mol. The minimum Gasteiger partial charge on any atom is -0.419 e. The number of halogens is 1. The summed E-state index contributed by atoms with van der Waals surface area (Å²) in [6, 6.07) is 15.3. The quantitative estimate of drug-likeness (QED) is 0.529. The van der Waals surface area contributed by atoms with E-state index in [9.17, 15) is 9.18 Å². The Bertz CT molecular complexity index is 815. The van der Waals surface area contributed by atoms with Gasteiger partial charge in [-0.05, 0) is 24.6 Å². The van der Waals surface area contributed by atoms with Crippen molar-refractivity contribution in [2.45, 2.75) is 6.92 Å². The number of ether oxygens (including phenoxy) is 1. The summed E-state index contributed by atoms with van der Waals surface area (Å²) < 4.78 is 18.7. The third-order valence-corrected chi connectivity index (χ3v) is 4.02. The Morgan fingerprint density at radius 2 is 1.77 bits per heavy atom. The predicted octanol–water partition coefficient (Wildman–Crippen LogP) is 4.48. The molecule has 110 valence electrons. The molecule has 0 aliphatic carbocycles. The Labute approximate surface area is 131 Å². The van der Waals surface area contributed by atoms with Crippen LogP contribution in [0.3, 0.4) is 0 Å². The maximum absolute atomic E-state index is 13.6. The Hall–Kier alpha value is -2.53. The summed E-state index contributed by atoms with van der Waals surface area (Å²) in [5.74, 6) is -1.34. The lowest BCUT2D eigenvalue weighted by atomic mass is 10.1. The number of para-hydroxylation sites is 1. The third kappa shape index (κ3) is 2.89. The van der Waals surface area contributed by atoms with E-state index in [1.807, 2.05) is 37.3 Å². The molecule has 0 N–H and O–H groups in total. The zero-order chi connectivity index (χ0) is 15.5. The minimum absolute atomic E-state index is 0.0998. The van der Waals surface area contributed by atoms with E-state index < -0.39 is 11.8 Å². The molecule has 1 aromatic heterocycles. The molecular weight excluding hydrogens is 301 g/mol. The molecule has 5 heteroatoms. The van der Waals surface area contributed by atoms with Crippen molar-refractivity contribution in [3.05, 3.63) is 71.1 Å². The molecule has 22 heavy (non-hydrogen) atoms. The maximum Gasteiger partial charge on any atom is 0.363 e. The van der Waals surface area contributed by atoms with Crippen LogP contribution in [0.5, 0.6) is 5.75 Å². The van der Waals surface area contributed by atoms with Gasteiger partial charge in [-0.3, -0.25) is 0 Å². The first-order chi connectivity index (χ1) is 10.6. The zero-order valence-electron chi connectivity index (χ0n) is 11.7. The fourth-order valence-corrected chi connectivity index (χ4v) is 2.94. The van der Waals surface area contributed by atoms with Gasteiger partial charge in [-0.1, -0.05) is 42.5 Å². The van der Waals surface area contributed by atoms with Crippen molar-refractivity contribution in [3.8, 4) is 16.2 Å². The first kappa shape index (κ1) is 14.4. The number of benzene rings is 2. The van der Waals surface area contributed by atoms with E-state index in [-0.39, 0.29) is 11.4 Å². The van der Waals surface area contributed by atoms with Gasteiger partial charge in [0.1, 0.15) is 0 Å². The SMILES string of the molecule is Cc1nc(C(=O)Oc2ccccc2F)c(-c2ccccc2)s1. The largest absolute Gasteiger partial charge is 0.419 e. The average Bonchev–Trinajstić information content (AvgIpc) is 2.92. The van der Waals surface area contributed by atoms with Crippen LogP contribution in [0.15, 0.2) is 54.6 Å². The second-order valence-electron chi connectivity index (χ2n) is 4.60. The number of aryl methyl sites for hydroxylation is 1. The van der Waals surface area contributed by atoms with Crippen molar-refractivity contribution in [2.24, 2.45) is 0 Å². The van der Waals surface area contributed by atoms with E-state index in [1.165, 1.54) is 29.5 Å². The summed E-state index contributed by atoms with van der Waals surface area (Å²) in [6.45, 7) is 1.82. The maximum atomic E-state index is 13.6. The van der Waals surface area contributed by atoms with Crippen LogP contribution in [-0.4, -0.2) is 11.0 Å². The van der Waals surface area contributed by atoms with Crippen LogP contribution in [0.2, 0.25) is 0 Å². The molecular formula is C17H12FNO2S. The van der Waals surface area contributed by atoms with Crippen LogP contribution in [0.4, 0.5) is 4.39 Å². The second kappa shape index (κ2) is 6.07. The summed E-state index contributed by atoms with van der Waals surface area (Å²) in [6.07, 6.45) is 0. The summed E-state index contributed by atoms with van der Waals surface area (Å²) in [5, 5.41) is 0.749. The van der Waals surface area contributed by atoms with Gasteiger partial charge in [0, 0.05) is 0 Å². The van der Waals surface area contributed by atoms with Gasteiger partial charge in [-0.15, -0.1) is 11.3 Å². The van der Waals surface area contributed by atoms with E-state index in [1.54, 1.807) is 6.07 Å². The van der Waals surface area contributed by atoms with Crippen molar-refractivity contribution < 1.29 is 13.9 Å². The lowest BCUT2D eigenvalue weighted by Gasteiger charge is -2.05. The Morgan fingerprint density at radius 1 is 1.09 bits per heavy atom. The first-order valence-electron chi connectivity index (χ1n) is 6.64. The van der Waals surface area contributed by atoms with E-state index in [4.69, 9.17) is 4.74 Å². The van der Waals surface area contributed by atoms with Crippen LogP contribution >= 0.6 is 11.3 Å². The van der Waals surface area contributed by atoms with Gasteiger partial charge in [-0.2, -0.15) is 0 Å². The molecule has 0 spiro atoms. The molecule has 0 amide bonds. The Kier molecular flexibility index (Phi) is 3.98. The van der Waals surface area contributed by atoms with Gasteiger partial charge in [0.2, 0.25) is 0 Å². The van der Waals surface area contributed by atoms with Gasteiger partial charge in [0.15, 0.2) is 17.3 Å². The fourth-order valence-electron chi connectivity index (χ4n) is 2.03. The lowest BCUT2D eigenvalue weighted by molar-refractivity contribution is 0.0723. The highest BCUT2D eigenvalue weighted by molar-refractivity contribution is 7.15. The molecule has 2 aromatic carbocycles. The summed E-state index contributed by atoms with van der Waals surface area (Å²) in [5.41, 5.74) is 1.09. The van der Waals surface area contributed by atoms with Gasteiger partial charge in [-0.25, -0.2) is 14.2 Å². The highest BCUT2D eigenvalue weighted by Crippen LogP contribution is 2.31. The number of hydrogen-bond acceptors (Lipinski definition) is 4. The number of carbonyl (C=O) groups is 1. The molecule has 0 aliphatic heterocycles.